The lowest BCUT2D eigenvalue weighted by Crippen LogP contribution is -2.47. The molecule has 1 aromatic carbocycles. The van der Waals surface area contributed by atoms with Crippen LogP contribution >= 0.6 is 79.4 Å². The summed E-state index contributed by atoms with van der Waals surface area (Å²) in [5.41, 5.74) is 0.526. The Morgan fingerprint density at radius 1 is 1.13 bits per heavy atom. The molecule has 0 spiro atoms. The third-order valence-electron chi connectivity index (χ3n) is 4.27. The first-order valence-corrected chi connectivity index (χ1v) is 12.5. The van der Waals surface area contributed by atoms with Gasteiger partial charge in [-0.2, -0.15) is 0 Å². The number of aliphatic hydroxyl groups excluding tert-OH is 1. The number of benzene rings is 1. The molecule has 9 nitrogen and oxygen atoms in total. The fraction of sp³-hybridized carbons (Fsp3) is 0.500. The van der Waals surface area contributed by atoms with Gasteiger partial charge in [0.25, 0.3) is 11.1 Å². The normalized spacial score (nSPS) is 20.6. The largest absolute Gasteiger partial charge is 0.388 e. The number of ether oxygens (including phenoxy) is 3. The van der Waals surface area contributed by atoms with Crippen LogP contribution in [-0.4, -0.2) is 67.0 Å². The van der Waals surface area contributed by atoms with E-state index >= 15 is 0 Å². The van der Waals surface area contributed by atoms with Crippen molar-refractivity contribution in [1.82, 2.24) is 5.32 Å². The van der Waals surface area contributed by atoms with E-state index in [1.165, 1.54) is 7.11 Å². The molecule has 1 aliphatic rings. The molecule has 2 rings (SSSR count). The van der Waals surface area contributed by atoms with E-state index in [0.29, 0.717) is 10.7 Å². The molecule has 0 bridgehead atoms. The number of hydrogen-bond acceptors (Lipinski definition) is 7. The summed E-state index contributed by atoms with van der Waals surface area (Å²) < 4.78 is 17.1. The summed E-state index contributed by atoms with van der Waals surface area (Å²) in [6, 6.07) is -0.748. The third-order valence-corrected chi connectivity index (χ3v) is 7.70. The average molecular weight is 793 g/mol. The number of halogens is 4. The summed E-state index contributed by atoms with van der Waals surface area (Å²) in [4.78, 5) is 37.4. The van der Waals surface area contributed by atoms with Crippen molar-refractivity contribution in [2.75, 3.05) is 32.2 Å². The second kappa shape index (κ2) is 11.5. The molecule has 13 heteroatoms. The zero-order valence-electron chi connectivity index (χ0n) is 16.7. The predicted molar refractivity (Wildman–Crippen MR) is 139 cm³/mol. The van der Waals surface area contributed by atoms with E-state index in [9.17, 15) is 19.5 Å². The van der Waals surface area contributed by atoms with Crippen molar-refractivity contribution in [2.24, 2.45) is 0 Å². The third kappa shape index (κ3) is 6.83. The van der Waals surface area contributed by atoms with E-state index in [4.69, 9.17) is 25.8 Å². The Labute approximate surface area is 225 Å². The Kier molecular flexibility index (Phi) is 10.2. The van der Waals surface area contributed by atoms with Crippen LogP contribution in [0.15, 0.2) is 0 Å². The quantitative estimate of drug-likeness (QED) is 0.300. The zero-order chi connectivity index (χ0) is 23.5. The second-order valence-corrected chi connectivity index (χ2v) is 10.6. The maximum Gasteiger partial charge on any atom is 0.254 e. The van der Waals surface area contributed by atoms with Gasteiger partial charge < -0.3 is 30.0 Å². The minimum absolute atomic E-state index is 0.0240. The van der Waals surface area contributed by atoms with Gasteiger partial charge in [-0.05, 0) is 93.2 Å². The molecule has 1 aliphatic heterocycles. The minimum Gasteiger partial charge on any atom is -0.388 e. The number of aliphatic hydroxyl groups is 1. The summed E-state index contributed by atoms with van der Waals surface area (Å²) in [5, 5.41) is 15.0. The van der Waals surface area contributed by atoms with Gasteiger partial charge in [-0.25, -0.2) is 0 Å². The van der Waals surface area contributed by atoms with Crippen LogP contribution in [0.3, 0.4) is 0 Å². The van der Waals surface area contributed by atoms with Gasteiger partial charge in [0.2, 0.25) is 5.91 Å². The Hall–Kier alpha value is 0.150. The summed E-state index contributed by atoms with van der Waals surface area (Å²) >= 11 is 11.5. The van der Waals surface area contributed by atoms with Crippen molar-refractivity contribution in [3.05, 3.63) is 21.8 Å². The van der Waals surface area contributed by atoms with Crippen LogP contribution in [0.1, 0.15) is 34.6 Å². The van der Waals surface area contributed by atoms with E-state index in [1.54, 1.807) is 13.8 Å². The van der Waals surface area contributed by atoms with E-state index in [2.05, 4.69) is 10.6 Å². The second-order valence-electron chi connectivity index (χ2n) is 6.99. The molecule has 2 atom stereocenters. The van der Waals surface area contributed by atoms with Crippen LogP contribution in [0.5, 0.6) is 0 Å². The highest BCUT2D eigenvalue weighted by molar-refractivity contribution is 14.1. The molecule has 1 saturated heterocycles. The average Bonchev–Trinajstić information content (AvgIpc) is 2.78. The van der Waals surface area contributed by atoms with Crippen molar-refractivity contribution in [3.63, 3.8) is 0 Å². The number of carbonyl (C=O) groups is 3. The highest BCUT2D eigenvalue weighted by Crippen LogP contribution is 2.36. The molecule has 0 aliphatic carbocycles. The van der Waals surface area contributed by atoms with Gasteiger partial charge in [0.15, 0.2) is 5.79 Å². The molecule has 31 heavy (non-hydrogen) atoms. The van der Waals surface area contributed by atoms with Crippen LogP contribution < -0.4 is 10.6 Å². The number of rotatable bonds is 6. The summed E-state index contributed by atoms with van der Waals surface area (Å²) in [7, 11) is 1.38. The molecule has 0 radical (unpaired) electrons. The first-order chi connectivity index (χ1) is 14.4. The topological polar surface area (TPSA) is 123 Å². The number of anilines is 1. The van der Waals surface area contributed by atoms with Gasteiger partial charge in [-0.15, -0.1) is 0 Å². The van der Waals surface area contributed by atoms with Crippen LogP contribution in [0.25, 0.3) is 0 Å². The lowest BCUT2D eigenvalue weighted by atomic mass is 10.1. The number of hydrogen-bond donors (Lipinski definition) is 3. The summed E-state index contributed by atoms with van der Waals surface area (Å²) in [5.74, 6) is -1.91. The smallest absolute Gasteiger partial charge is 0.254 e. The van der Waals surface area contributed by atoms with Crippen molar-refractivity contribution < 1.29 is 33.7 Å². The molecule has 0 aromatic heterocycles. The lowest BCUT2D eigenvalue weighted by molar-refractivity contribution is -0.203. The molecular formula is C18H20ClI3N2O7. The van der Waals surface area contributed by atoms with Gasteiger partial charge in [0, 0.05) is 10.7 Å². The van der Waals surface area contributed by atoms with Gasteiger partial charge >= 0.3 is 0 Å². The Morgan fingerprint density at radius 3 is 2.29 bits per heavy atom. The van der Waals surface area contributed by atoms with Gasteiger partial charge in [-0.3, -0.25) is 14.4 Å². The molecule has 3 N–H and O–H groups in total. The van der Waals surface area contributed by atoms with Crippen molar-refractivity contribution in [2.45, 2.75) is 31.8 Å². The predicted octanol–water partition coefficient (Wildman–Crippen LogP) is 2.71. The van der Waals surface area contributed by atoms with E-state index in [1.807, 2.05) is 67.8 Å². The zero-order valence-corrected chi connectivity index (χ0v) is 23.9. The molecule has 2 amide bonds. The maximum atomic E-state index is 13.2. The standard InChI is InChI=1S/C18H20ClI3N2O7/c1-18(2)30-4-7(8(25)5-31-18)23-17(28)11-12(20)10(16(19)27)13(21)15(14(11)22)24-9(26)6-29-3/h7-8,25H,4-6H2,1-3H3,(H,23,28)(H,24,26). The number of nitrogens with one attached hydrogen (secondary N) is 2. The van der Waals surface area contributed by atoms with E-state index in [-0.39, 0.29) is 36.6 Å². The molecule has 1 fully saturated rings. The molecule has 172 valence electrons. The number of methoxy groups -OCH3 is 1. The summed E-state index contributed by atoms with van der Waals surface area (Å²) in [6.45, 7) is 3.22. The van der Waals surface area contributed by atoms with Crippen molar-refractivity contribution in [1.29, 1.82) is 0 Å². The minimum atomic E-state index is -1.00. The van der Waals surface area contributed by atoms with Gasteiger partial charge in [0.05, 0.1) is 49.3 Å². The lowest BCUT2D eigenvalue weighted by Gasteiger charge is -2.24. The molecule has 1 aromatic rings. The van der Waals surface area contributed by atoms with Crippen LogP contribution in [-0.2, 0) is 19.0 Å². The van der Waals surface area contributed by atoms with E-state index < -0.39 is 35.0 Å². The van der Waals surface area contributed by atoms with Gasteiger partial charge in [0.1, 0.15) is 6.61 Å². The van der Waals surface area contributed by atoms with Gasteiger partial charge in [-0.1, -0.05) is 0 Å². The molecule has 1 heterocycles. The SMILES string of the molecule is COCC(=O)Nc1c(I)c(C(=O)Cl)c(I)c(C(=O)NC2COC(C)(C)OCC2O)c1I. The Balaban J connectivity index is 2.46. The first-order valence-electron chi connectivity index (χ1n) is 8.85. The highest BCUT2D eigenvalue weighted by Gasteiger charge is 2.34. The van der Waals surface area contributed by atoms with Crippen molar-refractivity contribution >= 4 is 102 Å². The Bertz CT molecular complexity index is 898. The fourth-order valence-corrected chi connectivity index (χ4v) is 7.60. The molecule has 0 saturated carbocycles. The molecular weight excluding hydrogens is 772 g/mol. The maximum absolute atomic E-state index is 13.2. The van der Waals surface area contributed by atoms with Crippen LogP contribution in [0.4, 0.5) is 5.69 Å². The fourth-order valence-electron chi connectivity index (χ4n) is 2.68. The van der Waals surface area contributed by atoms with E-state index in [0.717, 1.165) is 0 Å². The number of carbonyl (C=O) groups excluding carboxylic acids is 3. The monoisotopic (exact) mass is 792 g/mol. The van der Waals surface area contributed by atoms with Crippen LogP contribution in [0, 0.1) is 10.7 Å². The highest BCUT2D eigenvalue weighted by atomic mass is 127. The molecule has 2 unspecified atom stereocenters. The Morgan fingerprint density at radius 2 is 1.71 bits per heavy atom. The summed E-state index contributed by atoms with van der Waals surface area (Å²) in [6.07, 6.45) is -1.00. The van der Waals surface area contributed by atoms with Crippen LogP contribution in [0.2, 0.25) is 0 Å². The van der Waals surface area contributed by atoms with Crippen molar-refractivity contribution in [3.8, 4) is 0 Å². The number of amides is 2. The first kappa shape index (κ1) is 27.4.